The first kappa shape index (κ1) is 22.6. The summed E-state index contributed by atoms with van der Waals surface area (Å²) in [5, 5.41) is 2.75. The van der Waals surface area contributed by atoms with Gasteiger partial charge in [-0.1, -0.05) is 0 Å². The largest absolute Gasteiger partial charge is 0.497 e. The van der Waals surface area contributed by atoms with Gasteiger partial charge < -0.3 is 14.8 Å². The van der Waals surface area contributed by atoms with E-state index in [1.165, 1.54) is 31.4 Å². The second kappa shape index (κ2) is 9.84. The molecule has 0 fully saturated rings. The van der Waals surface area contributed by atoms with Crippen LogP contribution in [0.25, 0.3) is 0 Å². The molecular formula is C22H21BrN2O5S. The Hall–Kier alpha value is -3.04. The Labute approximate surface area is 189 Å². The van der Waals surface area contributed by atoms with Crippen molar-refractivity contribution in [3.8, 4) is 11.5 Å². The second-order valence-electron chi connectivity index (χ2n) is 6.39. The molecule has 0 unspecified atom stereocenters. The number of anilines is 2. The molecule has 0 bridgehead atoms. The summed E-state index contributed by atoms with van der Waals surface area (Å²) in [5.74, 6) is 0.955. The molecule has 0 aromatic heterocycles. The van der Waals surface area contributed by atoms with Gasteiger partial charge in [0.25, 0.3) is 15.9 Å². The maximum Gasteiger partial charge on any atom is 0.261 e. The quantitative estimate of drug-likeness (QED) is 0.454. The van der Waals surface area contributed by atoms with Gasteiger partial charge in [0.2, 0.25) is 0 Å². The van der Waals surface area contributed by atoms with Crippen LogP contribution in [0.3, 0.4) is 0 Å². The number of hydrogen-bond acceptors (Lipinski definition) is 5. The first-order chi connectivity index (χ1) is 14.8. The number of benzene rings is 3. The molecular weight excluding hydrogens is 484 g/mol. The van der Waals surface area contributed by atoms with Crippen molar-refractivity contribution < 1.29 is 22.7 Å². The minimum absolute atomic E-state index is 0.0742. The molecule has 1 amide bonds. The first-order valence-electron chi connectivity index (χ1n) is 9.33. The molecule has 0 radical (unpaired) electrons. The zero-order valence-corrected chi connectivity index (χ0v) is 19.3. The zero-order valence-electron chi connectivity index (χ0n) is 16.9. The number of carbonyl (C=O) groups excluding carboxylic acids is 1. The summed E-state index contributed by atoms with van der Waals surface area (Å²) in [6.07, 6.45) is 0. The number of sulfonamides is 1. The Morgan fingerprint density at radius 3 is 2.19 bits per heavy atom. The van der Waals surface area contributed by atoms with Crippen LogP contribution >= 0.6 is 15.9 Å². The van der Waals surface area contributed by atoms with E-state index in [2.05, 4.69) is 26.0 Å². The van der Waals surface area contributed by atoms with Crippen molar-refractivity contribution in [1.82, 2.24) is 0 Å². The predicted octanol–water partition coefficient (Wildman–Crippen LogP) is 4.91. The zero-order chi connectivity index (χ0) is 22.4. The average Bonchev–Trinajstić information content (AvgIpc) is 2.76. The highest BCUT2D eigenvalue weighted by Crippen LogP contribution is 2.26. The van der Waals surface area contributed by atoms with Crippen molar-refractivity contribution in [3.63, 3.8) is 0 Å². The van der Waals surface area contributed by atoms with E-state index < -0.39 is 10.0 Å². The number of halogens is 1. The third kappa shape index (κ3) is 5.77. The van der Waals surface area contributed by atoms with Gasteiger partial charge in [0.15, 0.2) is 0 Å². The molecule has 9 heteroatoms. The monoisotopic (exact) mass is 504 g/mol. The van der Waals surface area contributed by atoms with Crippen LogP contribution in [0.1, 0.15) is 17.3 Å². The second-order valence-corrected chi connectivity index (χ2v) is 8.93. The van der Waals surface area contributed by atoms with Gasteiger partial charge in [-0.2, -0.15) is 0 Å². The van der Waals surface area contributed by atoms with Gasteiger partial charge in [0, 0.05) is 16.9 Å². The smallest absolute Gasteiger partial charge is 0.261 e. The van der Waals surface area contributed by atoms with Crippen LogP contribution in [-0.2, 0) is 10.0 Å². The van der Waals surface area contributed by atoms with Crippen LogP contribution in [0, 0.1) is 0 Å². The van der Waals surface area contributed by atoms with Crippen molar-refractivity contribution in [1.29, 1.82) is 0 Å². The van der Waals surface area contributed by atoms with E-state index in [9.17, 15) is 13.2 Å². The van der Waals surface area contributed by atoms with Gasteiger partial charge in [0.05, 0.1) is 23.1 Å². The number of ether oxygens (including phenoxy) is 2. The highest BCUT2D eigenvalue weighted by Gasteiger charge is 2.15. The summed E-state index contributed by atoms with van der Waals surface area (Å²) in [4.78, 5) is 12.6. The molecule has 3 rings (SSSR count). The van der Waals surface area contributed by atoms with Crippen LogP contribution < -0.4 is 19.5 Å². The van der Waals surface area contributed by atoms with Gasteiger partial charge in [-0.15, -0.1) is 0 Å². The number of nitrogens with one attached hydrogen (secondary N) is 2. The van der Waals surface area contributed by atoms with E-state index in [4.69, 9.17) is 9.47 Å². The lowest BCUT2D eigenvalue weighted by molar-refractivity contribution is 0.102. The molecule has 0 heterocycles. The van der Waals surface area contributed by atoms with Crippen molar-refractivity contribution >= 4 is 43.2 Å². The maximum atomic E-state index is 12.6. The lowest BCUT2D eigenvalue weighted by Gasteiger charge is -2.11. The molecule has 0 aliphatic rings. The summed E-state index contributed by atoms with van der Waals surface area (Å²) in [6.45, 7) is 2.40. The molecule has 0 spiro atoms. The lowest BCUT2D eigenvalue weighted by Crippen LogP contribution is -2.14. The van der Waals surface area contributed by atoms with Gasteiger partial charge in [-0.25, -0.2) is 8.42 Å². The molecule has 31 heavy (non-hydrogen) atoms. The van der Waals surface area contributed by atoms with Crippen molar-refractivity contribution in [2.75, 3.05) is 23.8 Å². The molecule has 162 valence electrons. The number of hydrogen-bond donors (Lipinski definition) is 2. The summed E-state index contributed by atoms with van der Waals surface area (Å²) in [5.41, 5.74) is 1.32. The fourth-order valence-corrected chi connectivity index (χ4v) is 4.26. The Morgan fingerprint density at radius 2 is 1.61 bits per heavy atom. The van der Waals surface area contributed by atoms with E-state index in [0.717, 1.165) is 0 Å². The molecule has 0 saturated heterocycles. The standard InChI is InChI=1S/C22H21BrN2O5S/c1-3-30-21-13-4-15(14-20(21)23)22(26)24-16-7-11-19(12-8-16)31(27,28)25-17-5-9-18(29-2)10-6-17/h4-14,25H,3H2,1-2H3,(H,24,26). The van der Waals surface area contributed by atoms with Crippen LogP contribution in [0.15, 0.2) is 76.1 Å². The fraction of sp³-hybridized carbons (Fsp3) is 0.136. The third-order valence-corrected chi connectivity index (χ3v) is 6.28. The Bertz CT molecular complexity index is 1160. The van der Waals surface area contributed by atoms with Crippen LogP contribution in [0.2, 0.25) is 0 Å². The van der Waals surface area contributed by atoms with E-state index in [0.29, 0.717) is 39.5 Å². The van der Waals surface area contributed by atoms with Crippen LogP contribution in [0.4, 0.5) is 11.4 Å². The molecule has 0 saturated carbocycles. The summed E-state index contributed by atoms with van der Waals surface area (Å²) in [6, 6.07) is 17.5. The molecule has 0 atom stereocenters. The Balaban J connectivity index is 1.69. The average molecular weight is 505 g/mol. The molecule has 3 aromatic rings. The summed E-state index contributed by atoms with van der Waals surface area (Å²) >= 11 is 3.38. The summed E-state index contributed by atoms with van der Waals surface area (Å²) < 4.78 is 38.9. The maximum absolute atomic E-state index is 12.6. The van der Waals surface area contributed by atoms with Gasteiger partial charge in [-0.05, 0) is 89.6 Å². The minimum atomic E-state index is -3.77. The van der Waals surface area contributed by atoms with Crippen molar-refractivity contribution in [2.24, 2.45) is 0 Å². The van der Waals surface area contributed by atoms with E-state index >= 15 is 0 Å². The Kier molecular flexibility index (Phi) is 7.19. The van der Waals surface area contributed by atoms with Crippen molar-refractivity contribution in [3.05, 3.63) is 76.8 Å². The highest BCUT2D eigenvalue weighted by molar-refractivity contribution is 9.10. The highest BCUT2D eigenvalue weighted by atomic mass is 79.9. The fourth-order valence-electron chi connectivity index (χ4n) is 2.71. The van der Waals surface area contributed by atoms with E-state index in [-0.39, 0.29) is 10.8 Å². The number of methoxy groups -OCH3 is 1. The molecule has 0 aliphatic heterocycles. The van der Waals surface area contributed by atoms with Gasteiger partial charge in [-0.3, -0.25) is 9.52 Å². The van der Waals surface area contributed by atoms with Crippen molar-refractivity contribution in [2.45, 2.75) is 11.8 Å². The third-order valence-electron chi connectivity index (χ3n) is 4.26. The van der Waals surface area contributed by atoms with Crippen LogP contribution in [-0.4, -0.2) is 28.0 Å². The predicted molar refractivity (Wildman–Crippen MR) is 124 cm³/mol. The van der Waals surface area contributed by atoms with Crippen LogP contribution in [0.5, 0.6) is 11.5 Å². The molecule has 7 nitrogen and oxygen atoms in total. The minimum Gasteiger partial charge on any atom is -0.497 e. The number of carbonyl (C=O) groups is 1. The van der Waals surface area contributed by atoms with E-state index in [1.807, 2.05) is 6.92 Å². The number of rotatable bonds is 8. The lowest BCUT2D eigenvalue weighted by atomic mass is 10.2. The van der Waals surface area contributed by atoms with E-state index in [1.54, 1.807) is 42.5 Å². The topological polar surface area (TPSA) is 93.7 Å². The Morgan fingerprint density at radius 1 is 0.968 bits per heavy atom. The first-order valence-corrected chi connectivity index (χ1v) is 11.6. The van der Waals surface area contributed by atoms with Gasteiger partial charge >= 0.3 is 0 Å². The van der Waals surface area contributed by atoms with Gasteiger partial charge in [0.1, 0.15) is 11.5 Å². The normalized spacial score (nSPS) is 10.9. The summed E-state index contributed by atoms with van der Waals surface area (Å²) in [7, 11) is -2.23. The molecule has 0 aliphatic carbocycles. The SMILES string of the molecule is CCOc1ccc(C(=O)Nc2ccc(S(=O)(=O)Nc3ccc(OC)cc3)cc2)cc1Br. The number of amides is 1. The molecule has 3 aromatic carbocycles. The molecule has 2 N–H and O–H groups in total.